The lowest BCUT2D eigenvalue weighted by molar-refractivity contribution is -0.0473. The molecule has 2 aromatic carbocycles. The molecule has 0 aromatic heterocycles. The van der Waals surface area contributed by atoms with Crippen molar-refractivity contribution in [3.8, 4) is 17.2 Å². The molecule has 162 valence electrons. The molecule has 4 rings (SSSR count). The molecule has 1 fully saturated rings. The smallest absolute Gasteiger partial charge is 0.231 e. The molecule has 5 nitrogen and oxygen atoms in total. The third-order valence-electron chi connectivity index (χ3n) is 6.47. The number of ether oxygens (including phenoxy) is 4. The van der Waals surface area contributed by atoms with Gasteiger partial charge in [-0.3, -0.25) is 0 Å². The molecule has 0 saturated carbocycles. The number of nitrogens with one attached hydrogen (secondary N) is 1. The number of methoxy groups -OCH3 is 1. The highest BCUT2D eigenvalue weighted by Gasteiger charge is 2.40. The third kappa shape index (κ3) is 4.42. The van der Waals surface area contributed by atoms with Gasteiger partial charge < -0.3 is 24.3 Å². The summed E-state index contributed by atoms with van der Waals surface area (Å²) in [5.41, 5.74) is 2.57. The summed E-state index contributed by atoms with van der Waals surface area (Å²) in [7, 11) is 1.77. The number of hydrogen-bond donors (Lipinski definition) is 1. The number of para-hydroxylation sites is 1. The number of hydrogen-bond acceptors (Lipinski definition) is 5. The molecule has 2 atom stereocenters. The summed E-state index contributed by atoms with van der Waals surface area (Å²) in [6.45, 7) is 7.34. The van der Waals surface area contributed by atoms with Crippen LogP contribution in [0.15, 0.2) is 42.5 Å². The molecule has 0 unspecified atom stereocenters. The topological polar surface area (TPSA) is 49.0 Å². The lowest BCUT2D eigenvalue weighted by atomic mass is 9.68. The fourth-order valence-corrected chi connectivity index (χ4v) is 4.68. The fourth-order valence-electron chi connectivity index (χ4n) is 4.68. The zero-order valence-corrected chi connectivity index (χ0v) is 18.3. The zero-order valence-electron chi connectivity index (χ0n) is 18.3. The van der Waals surface area contributed by atoms with Crippen LogP contribution in [0.2, 0.25) is 0 Å². The van der Waals surface area contributed by atoms with Crippen LogP contribution < -0.4 is 19.5 Å². The van der Waals surface area contributed by atoms with Gasteiger partial charge in [-0.15, -0.1) is 0 Å². The standard InChI is InChI=1S/C25H33NO4/c1-18(2)24-15-25(11-13-28-24,20-6-4-5-7-21(20)27-3)10-12-26-16-19-8-9-22-23(14-19)30-17-29-22/h4-9,14,18,24,26H,10-13,15-17H2,1-3H3/t24-,25-/m1/s1. The Bertz CT molecular complexity index is 853. The van der Waals surface area contributed by atoms with E-state index >= 15 is 0 Å². The highest BCUT2D eigenvalue weighted by molar-refractivity contribution is 5.44. The van der Waals surface area contributed by atoms with Crippen LogP contribution in [0.5, 0.6) is 17.2 Å². The number of benzene rings is 2. The van der Waals surface area contributed by atoms with E-state index in [4.69, 9.17) is 18.9 Å². The Hall–Kier alpha value is -2.24. The van der Waals surface area contributed by atoms with E-state index in [1.807, 2.05) is 12.1 Å². The van der Waals surface area contributed by atoms with Crippen molar-refractivity contribution in [1.29, 1.82) is 0 Å². The van der Waals surface area contributed by atoms with Gasteiger partial charge in [0.05, 0.1) is 13.2 Å². The third-order valence-corrected chi connectivity index (χ3v) is 6.47. The van der Waals surface area contributed by atoms with Crippen molar-refractivity contribution in [1.82, 2.24) is 5.32 Å². The molecule has 5 heteroatoms. The molecule has 2 aliphatic rings. The summed E-state index contributed by atoms with van der Waals surface area (Å²) in [5, 5.41) is 3.64. The first-order valence-electron chi connectivity index (χ1n) is 11.0. The van der Waals surface area contributed by atoms with E-state index in [2.05, 4.69) is 49.5 Å². The molecule has 0 spiro atoms. The largest absolute Gasteiger partial charge is 0.496 e. The van der Waals surface area contributed by atoms with E-state index < -0.39 is 0 Å². The first-order chi connectivity index (χ1) is 14.6. The van der Waals surface area contributed by atoms with Crippen LogP contribution in [-0.4, -0.2) is 33.2 Å². The highest BCUT2D eigenvalue weighted by atomic mass is 16.7. The molecule has 0 bridgehead atoms. The Labute approximate surface area is 179 Å². The van der Waals surface area contributed by atoms with E-state index in [1.54, 1.807) is 7.11 Å². The lowest BCUT2D eigenvalue weighted by Crippen LogP contribution is -2.42. The van der Waals surface area contributed by atoms with Crippen molar-refractivity contribution in [2.75, 3.05) is 27.1 Å². The summed E-state index contributed by atoms with van der Waals surface area (Å²) < 4.78 is 22.8. The van der Waals surface area contributed by atoms with Gasteiger partial charge in [-0.25, -0.2) is 0 Å². The molecular weight excluding hydrogens is 378 g/mol. The molecule has 30 heavy (non-hydrogen) atoms. The second-order valence-corrected chi connectivity index (χ2v) is 8.70. The van der Waals surface area contributed by atoms with Crippen molar-refractivity contribution >= 4 is 0 Å². The van der Waals surface area contributed by atoms with Crippen LogP contribution in [0.25, 0.3) is 0 Å². The lowest BCUT2D eigenvalue weighted by Gasteiger charge is -2.43. The molecule has 2 heterocycles. The van der Waals surface area contributed by atoms with Crippen LogP contribution in [0.3, 0.4) is 0 Å². The Morgan fingerprint density at radius 3 is 2.80 bits per heavy atom. The maximum Gasteiger partial charge on any atom is 0.231 e. The van der Waals surface area contributed by atoms with Crippen molar-refractivity contribution in [2.45, 2.75) is 51.2 Å². The molecule has 0 amide bonds. The minimum Gasteiger partial charge on any atom is -0.496 e. The quantitative estimate of drug-likeness (QED) is 0.640. The van der Waals surface area contributed by atoms with Crippen LogP contribution >= 0.6 is 0 Å². The summed E-state index contributed by atoms with van der Waals surface area (Å²) >= 11 is 0. The van der Waals surface area contributed by atoms with E-state index in [1.165, 1.54) is 11.1 Å². The van der Waals surface area contributed by atoms with E-state index in [0.29, 0.717) is 12.7 Å². The van der Waals surface area contributed by atoms with Crippen LogP contribution in [0, 0.1) is 5.92 Å². The van der Waals surface area contributed by atoms with Gasteiger partial charge in [0.15, 0.2) is 11.5 Å². The van der Waals surface area contributed by atoms with Crippen molar-refractivity contribution < 1.29 is 18.9 Å². The predicted molar refractivity (Wildman–Crippen MR) is 117 cm³/mol. The first kappa shape index (κ1) is 21.0. The van der Waals surface area contributed by atoms with Crippen molar-refractivity contribution in [2.24, 2.45) is 5.92 Å². The maximum atomic E-state index is 6.12. The fraction of sp³-hybridized carbons (Fsp3) is 0.520. The molecule has 2 aliphatic heterocycles. The zero-order chi connectivity index (χ0) is 21.0. The van der Waals surface area contributed by atoms with Gasteiger partial charge in [-0.05, 0) is 55.5 Å². The molecule has 2 aromatic rings. The second kappa shape index (κ2) is 9.27. The SMILES string of the molecule is COc1ccccc1[C@]1(CCNCc2ccc3c(c2)OCO3)CCO[C@@H](C(C)C)C1. The maximum absolute atomic E-state index is 6.12. The van der Waals surface area contributed by atoms with E-state index in [-0.39, 0.29) is 11.5 Å². The van der Waals surface area contributed by atoms with Gasteiger partial charge in [-0.1, -0.05) is 38.1 Å². The minimum atomic E-state index is 0.0572. The molecule has 0 radical (unpaired) electrons. The molecule has 1 N–H and O–H groups in total. The van der Waals surface area contributed by atoms with Gasteiger partial charge in [0.1, 0.15) is 5.75 Å². The summed E-state index contributed by atoms with van der Waals surface area (Å²) in [6.07, 6.45) is 3.36. The highest BCUT2D eigenvalue weighted by Crippen LogP contribution is 2.45. The first-order valence-corrected chi connectivity index (χ1v) is 11.0. The van der Waals surface area contributed by atoms with Crippen LogP contribution in [0.1, 0.15) is 44.2 Å². The predicted octanol–water partition coefficient (Wildman–Crippen LogP) is 4.68. The Morgan fingerprint density at radius 1 is 1.13 bits per heavy atom. The van der Waals surface area contributed by atoms with Crippen LogP contribution in [0.4, 0.5) is 0 Å². The van der Waals surface area contributed by atoms with E-state index in [9.17, 15) is 0 Å². The molecular formula is C25H33NO4. The summed E-state index contributed by atoms with van der Waals surface area (Å²) in [4.78, 5) is 0. The minimum absolute atomic E-state index is 0.0572. The Kier molecular flexibility index (Phi) is 6.49. The van der Waals surface area contributed by atoms with Crippen LogP contribution in [-0.2, 0) is 16.7 Å². The molecule has 0 aliphatic carbocycles. The normalized spacial score (nSPS) is 23.0. The molecule has 1 saturated heterocycles. The van der Waals surface area contributed by atoms with Gasteiger partial charge >= 0.3 is 0 Å². The van der Waals surface area contributed by atoms with Gasteiger partial charge in [0, 0.05) is 24.1 Å². The Balaban J connectivity index is 1.46. The van der Waals surface area contributed by atoms with Gasteiger partial charge in [0.2, 0.25) is 6.79 Å². The van der Waals surface area contributed by atoms with Gasteiger partial charge in [0.25, 0.3) is 0 Å². The van der Waals surface area contributed by atoms with Crippen molar-refractivity contribution in [3.63, 3.8) is 0 Å². The Morgan fingerprint density at radius 2 is 1.97 bits per heavy atom. The second-order valence-electron chi connectivity index (χ2n) is 8.70. The number of rotatable bonds is 8. The average molecular weight is 412 g/mol. The summed E-state index contributed by atoms with van der Waals surface area (Å²) in [5.74, 6) is 3.15. The van der Waals surface area contributed by atoms with Crippen molar-refractivity contribution in [3.05, 3.63) is 53.6 Å². The van der Waals surface area contributed by atoms with Gasteiger partial charge in [-0.2, -0.15) is 0 Å². The monoisotopic (exact) mass is 411 g/mol. The summed E-state index contributed by atoms with van der Waals surface area (Å²) in [6, 6.07) is 14.6. The van der Waals surface area contributed by atoms with E-state index in [0.717, 1.165) is 56.2 Å². The average Bonchev–Trinajstić information content (AvgIpc) is 3.25. The number of fused-ring (bicyclic) bond motifs is 1.